The van der Waals surface area contributed by atoms with Crippen LogP contribution in [0.5, 0.6) is 0 Å². The van der Waals surface area contributed by atoms with E-state index in [0.29, 0.717) is 22.5 Å². The molecule has 144 valence electrons. The van der Waals surface area contributed by atoms with Crippen LogP contribution >= 0.6 is 0 Å². The van der Waals surface area contributed by atoms with Gasteiger partial charge in [-0.3, -0.25) is 14.4 Å². The molecular formula is C20H19N3O5. The highest BCUT2D eigenvalue weighted by atomic mass is 16.5. The summed E-state index contributed by atoms with van der Waals surface area (Å²) in [6, 6.07) is 11.8. The van der Waals surface area contributed by atoms with Crippen molar-refractivity contribution >= 4 is 35.1 Å². The third kappa shape index (κ3) is 4.35. The largest absolute Gasteiger partial charge is 0.462 e. The summed E-state index contributed by atoms with van der Waals surface area (Å²) >= 11 is 0. The van der Waals surface area contributed by atoms with E-state index < -0.39 is 29.7 Å². The second-order valence-corrected chi connectivity index (χ2v) is 6.11. The van der Waals surface area contributed by atoms with E-state index in [-0.39, 0.29) is 13.0 Å². The summed E-state index contributed by atoms with van der Waals surface area (Å²) in [5.41, 5.74) is 1.57. The van der Waals surface area contributed by atoms with Crippen LogP contribution < -0.4 is 16.0 Å². The SMILES string of the molecule is CCOC(=O)c1ccc(NC(=O)C[C@H]2NC(=O)c3ccccc3NC2=O)cc1. The van der Waals surface area contributed by atoms with Crippen LogP contribution in [0.1, 0.15) is 34.1 Å². The average molecular weight is 381 g/mol. The molecule has 0 spiro atoms. The maximum atomic E-state index is 12.3. The molecule has 28 heavy (non-hydrogen) atoms. The van der Waals surface area contributed by atoms with Crippen molar-refractivity contribution in [2.24, 2.45) is 0 Å². The van der Waals surface area contributed by atoms with E-state index in [2.05, 4.69) is 16.0 Å². The standard InChI is InChI=1S/C20H19N3O5/c1-2-28-20(27)12-7-9-13(10-8-12)21-17(24)11-16-19(26)22-15-6-4-3-5-14(15)18(25)23-16/h3-10,16H,2,11H2,1H3,(H,21,24)(H,22,26)(H,23,25)/t16-/m1/s1. The van der Waals surface area contributed by atoms with Gasteiger partial charge in [-0.2, -0.15) is 0 Å². The van der Waals surface area contributed by atoms with Crippen LogP contribution in [-0.4, -0.2) is 36.3 Å². The van der Waals surface area contributed by atoms with Gasteiger partial charge >= 0.3 is 5.97 Å². The van der Waals surface area contributed by atoms with Crippen molar-refractivity contribution in [1.29, 1.82) is 0 Å². The van der Waals surface area contributed by atoms with E-state index in [0.717, 1.165) is 0 Å². The van der Waals surface area contributed by atoms with Crippen molar-refractivity contribution in [3.05, 3.63) is 59.7 Å². The van der Waals surface area contributed by atoms with Crippen LogP contribution in [0.15, 0.2) is 48.5 Å². The summed E-state index contributed by atoms with van der Waals surface area (Å²) in [6.45, 7) is 1.99. The van der Waals surface area contributed by atoms with Crippen LogP contribution in [0.25, 0.3) is 0 Å². The molecule has 2 aromatic carbocycles. The van der Waals surface area contributed by atoms with Gasteiger partial charge in [-0.25, -0.2) is 4.79 Å². The quantitative estimate of drug-likeness (QED) is 0.685. The molecule has 1 aliphatic heterocycles. The van der Waals surface area contributed by atoms with E-state index in [1.807, 2.05) is 0 Å². The van der Waals surface area contributed by atoms with Crippen LogP contribution in [0, 0.1) is 0 Å². The number of nitrogens with one attached hydrogen (secondary N) is 3. The minimum Gasteiger partial charge on any atom is -0.462 e. The average Bonchev–Trinajstić information content (AvgIpc) is 2.79. The van der Waals surface area contributed by atoms with Gasteiger partial charge in [-0.15, -0.1) is 0 Å². The topological polar surface area (TPSA) is 114 Å². The number of hydrogen-bond acceptors (Lipinski definition) is 5. The normalized spacial score (nSPS) is 15.5. The van der Waals surface area contributed by atoms with Gasteiger partial charge in [0.2, 0.25) is 11.8 Å². The van der Waals surface area contributed by atoms with Crippen LogP contribution in [-0.2, 0) is 14.3 Å². The van der Waals surface area contributed by atoms with E-state index >= 15 is 0 Å². The predicted octanol–water partition coefficient (Wildman–Crippen LogP) is 1.94. The van der Waals surface area contributed by atoms with Crippen molar-refractivity contribution in [3.63, 3.8) is 0 Å². The number of amides is 3. The van der Waals surface area contributed by atoms with Crippen LogP contribution in [0.2, 0.25) is 0 Å². The minimum absolute atomic E-state index is 0.231. The Morgan fingerprint density at radius 1 is 1.07 bits per heavy atom. The highest BCUT2D eigenvalue weighted by Crippen LogP contribution is 2.19. The Balaban J connectivity index is 1.62. The zero-order chi connectivity index (χ0) is 20.1. The van der Waals surface area contributed by atoms with E-state index in [9.17, 15) is 19.2 Å². The molecule has 0 aromatic heterocycles. The lowest BCUT2D eigenvalue weighted by atomic mass is 10.1. The highest BCUT2D eigenvalue weighted by molar-refractivity contribution is 6.11. The fraction of sp³-hybridized carbons (Fsp3) is 0.200. The van der Waals surface area contributed by atoms with Crippen LogP contribution in [0.4, 0.5) is 11.4 Å². The van der Waals surface area contributed by atoms with Crippen molar-refractivity contribution < 1.29 is 23.9 Å². The number of para-hydroxylation sites is 1. The van der Waals surface area contributed by atoms with Gasteiger partial charge in [0.05, 0.1) is 29.8 Å². The first-order valence-electron chi connectivity index (χ1n) is 8.75. The zero-order valence-corrected chi connectivity index (χ0v) is 15.2. The number of ether oxygens (including phenoxy) is 1. The molecule has 3 N–H and O–H groups in total. The number of carbonyl (C=O) groups is 4. The molecule has 0 unspecified atom stereocenters. The molecule has 1 heterocycles. The third-order valence-electron chi connectivity index (χ3n) is 4.12. The maximum absolute atomic E-state index is 12.3. The number of anilines is 2. The number of fused-ring (bicyclic) bond motifs is 1. The number of hydrogen-bond donors (Lipinski definition) is 3. The molecule has 8 nitrogen and oxygen atoms in total. The zero-order valence-electron chi connectivity index (χ0n) is 15.2. The second kappa shape index (κ2) is 8.34. The van der Waals surface area contributed by atoms with E-state index in [1.54, 1.807) is 43.3 Å². The van der Waals surface area contributed by atoms with Gasteiger partial charge in [-0.1, -0.05) is 12.1 Å². The molecular weight excluding hydrogens is 362 g/mol. The lowest BCUT2D eigenvalue weighted by Gasteiger charge is -2.14. The molecule has 0 saturated heterocycles. The third-order valence-corrected chi connectivity index (χ3v) is 4.12. The lowest BCUT2D eigenvalue weighted by molar-refractivity contribution is -0.122. The first kappa shape index (κ1) is 19.1. The van der Waals surface area contributed by atoms with Crippen molar-refractivity contribution in [3.8, 4) is 0 Å². The number of benzene rings is 2. The molecule has 3 rings (SSSR count). The second-order valence-electron chi connectivity index (χ2n) is 6.11. The molecule has 1 aliphatic rings. The summed E-state index contributed by atoms with van der Waals surface area (Å²) in [5, 5.41) is 7.86. The number of esters is 1. The Morgan fingerprint density at radius 2 is 1.79 bits per heavy atom. The Kier molecular flexibility index (Phi) is 5.69. The monoisotopic (exact) mass is 381 g/mol. The first-order chi connectivity index (χ1) is 13.5. The molecule has 0 aliphatic carbocycles. The summed E-state index contributed by atoms with van der Waals surface area (Å²) in [6.07, 6.45) is -0.231. The molecule has 8 heteroatoms. The van der Waals surface area contributed by atoms with Crippen molar-refractivity contribution in [2.45, 2.75) is 19.4 Å². The first-order valence-corrected chi connectivity index (χ1v) is 8.75. The molecule has 0 bridgehead atoms. The lowest BCUT2D eigenvalue weighted by Crippen LogP contribution is -2.43. The summed E-state index contributed by atoms with van der Waals surface area (Å²) in [7, 11) is 0. The maximum Gasteiger partial charge on any atom is 0.338 e. The smallest absolute Gasteiger partial charge is 0.338 e. The van der Waals surface area contributed by atoms with Crippen molar-refractivity contribution in [2.75, 3.05) is 17.2 Å². The number of carbonyl (C=O) groups excluding carboxylic acids is 4. The minimum atomic E-state index is -1.00. The summed E-state index contributed by atoms with van der Waals surface area (Å²) < 4.78 is 4.90. The number of rotatable bonds is 5. The summed E-state index contributed by atoms with van der Waals surface area (Å²) in [5.74, 6) is -1.79. The Morgan fingerprint density at radius 3 is 2.50 bits per heavy atom. The Hall–Kier alpha value is -3.68. The van der Waals surface area contributed by atoms with Crippen molar-refractivity contribution in [1.82, 2.24) is 5.32 Å². The predicted molar refractivity (Wildman–Crippen MR) is 102 cm³/mol. The molecule has 2 aromatic rings. The van der Waals surface area contributed by atoms with E-state index in [1.165, 1.54) is 12.1 Å². The van der Waals surface area contributed by atoms with E-state index in [4.69, 9.17) is 4.74 Å². The molecule has 0 fully saturated rings. The van der Waals surface area contributed by atoms with Gasteiger partial charge in [0.25, 0.3) is 5.91 Å². The fourth-order valence-corrected chi connectivity index (χ4v) is 2.76. The highest BCUT2D eigenvalue weighted by Gasteiger charge is 2.29. The van der Waals surface area contributed by atoms with Crippen LogP contribution in [0.3, 0.4) is 0 Å². The van der Waals surface area contributed by atoms with Gasteiger partial charge in [0.1, 0.15) is 6.04 Å². The van der Waals surface area contributed by atoms with Gasteiger partial charge in [0.15, 0.2) is 0 Å². The van der Waals surface area contributed by atoms with Gasteiger partial charge in [0, 0.05) is 5.69 Å². The Bertz CT molecular complexity index is 924. The van der Waals surface area contributed by atoms with Gasteiger partial charge < -0.3 is 20.7 Å². The molecule has 0 saturated carbocycles. The fourth-order valence-electron chi connectivity index (χ4n) is 2.76. The molecule has 3 amide bonds. The summed E-state index contributed by atoms with van der Waals surface area (Å²) in [4.78, 5) is 48.6. The Labute approximate surface area is 161 Å². The van der Waals surface area contributed by atoms with Gasteiger partial charge in [-0.05, 0) is 43.3 Å². The molecule has 1 atom stereocenters. The molecule has 0 radical (unpaired) electrons.